The first-order valence-electron chi connectivity index (χ1n) is 19.9. The SMILES string of the molecule is CN(C)C(=O)c1cc2cnc(Nc3ccc(N4CCC5(CCN(c6cccc7c6n(C)c(=O)n7C6CCC(=O)NC6=O)CC5)CC4=O)cn3)nc2n1C1CCCC1. The second kappa shape index (κ2) is 14.2. The minimum absolute atomic E-state index is 0.0567. The van der Waals surface area contributed by atoms with E-state index in [0.717, 1.165) is 86.0 Å². The molecule has 1 aromatic carbocycles. The average Bonchev–Trinajstić information content (AvgIpc) is 3.92. The van der Waals surface area contributed by atoms with Gasteiger partial charge in [-0.3, -0.25) is 33.6 Å². The predicted octanol–water partition coefficient (Wildman–Crippen LogP) is 4.43. The zero-order valence-corrected chi connectivity index (χ0v) is 32.5. The molecule has 57 heavy (non-hydrogen) atoms. The highest BCUT2D eigenvalue weighted by atomic mass is 16.2. The van der Waals surface area contributed by atoms with Gasteiger partial charge in [0.1, 0.15) is 23.2 Å². The van der Waals surface area contributed by atoms with Gasteiger partial charge in [-0.05, 0) is 74.3 Å². The van der Waals surface area contributed by atoms with Crippen LogP contribution in [0.2, 0.25) is 0 Å². The molecular formula is C41H47N11O5. The van der Waals surface area contributed by atoms with Gasteiger partial charge in [0.05, 0.1) is 28.6 Å². The summed E-state index contributed by atoms with van der Waals surface area (Å²) >= 11 is 0. The molecule has 0 radical (unpaired) electrons. The normalized spacial score (nSPS) is 20.2. The van der Waals surface area contributed by atoms with Crippen molar-refractivity contribution in [3.05, 3.63) is 65.0 Å². The number of amides is 4. The van der Waals surface area contributed by atoms with E-state index < -0.39 is 11.9 Å². The maximum absolute atomic E-state index is 13.7. The number of fused-ring (bicyclic) bond motifs is 2. The van der Waals surface area contributed by atoms with E-state index in [4.69, 9.17) is 4.98 Å². The van der Waals surface area contributed by atoms with E-state index in [2.05, 4.69) is 30.1 Å². The number of anilines is 4. The second-order valence-electron chi connectivity index (χ2n) is 16.3. The summed E-state index contributed by atoms with van der Waals surface area (Å²) in [6, 6.07) is 10.9. The number of benzene rings is 1. The number of rotatable bonds is 7. The van der Waals surface area contributed by atoms with E-state index in [9.17, 15) is 24.0 Å². The number of nitrogens with zero attached hydrogens (tertiary/aromatic N) is 9. The molecule has 0 bridgehead atoms. The Morgan fingerprint density at radius 1 is 0.930 bits per heavy atom. The monoisotopic (exact) mass is 773 g/mol. The molecule has 7 heterocycles. The fourth-order valence-electron chi connectivity index (χ4n) is 9.53. The minimum Gasteiger partial charge on any atom is -0.370 e. The van der Waals surface area contributed by atoms with Gasteiger partial charge in [-0.1, -0.05) is 18.9 Å². The van der Waals surface area contributed by atoms with Crippen LogP contribution in [0.4, 0.5) is 23.1 Å². The molecule has 3 aliphatic heterocycles. The van der Waals surface area contributed by atoms with Crippen molar-refractivity contribution >= 4 is 68.8 Å². The lowest BCUT2D eigenvalue weighted by atomic mass is 9.71. The molecule has 16 nitrogen and oxygen atoms in total. The van der Waals surface area contributed by atoms with Crippen molar-refractivity contribution < 1.29 is 19.2 Å². The number of carbonyl (C=O) groups is 4. The van der Waals surface area contributed by atoms with Crippen LogP contribution < -0.4 is 26.1 Å². The molecule has 16 heteroatoms. The zero-order valence-electron chi connectivity index (χ0n) is 32.5. The third kappa shape index (κ3) is 6.40. The number of imidazole rings is 1. The fourth-order valence-corrected chi connectivity index (χ4v) is 9.53. The number of carbonyl (C=O) groups excluding carboxylic acids is 4. The Kier molecular flexibility index (Phi) is 9.08. The van der Waals surface area contributed by atoms with Crippen molar-refractivity contribution in [2.24, 2.45) is 12.5 Å². The first-order chi connectivity index (χ1) is 27.5. The van der Waals surface area contributed by atoms with E-state index in [-0.39, 0.29) is 47.7 Å². The molecule has 1 atom stereocenters. The van der Waals surface area contributed by atoms with E-state index in [0.29, 0.717) is 35.9 Å². The van der Waals surface area contributed by atoms with Crippen molar-refractivity contribution in [1.29, 1.82) is 0 Å². The molecule has 1 aliphatic carbocycles. The summed E-state index contributed by atoms with van der Waals surface area (Å²) in [6.45, 7) is 2.06. The molecule has 4 amide bonds. The molecule has 5 aromatic rings. The van der Waals surface area contributed by atoms with Crippen molar-refractivity contribution in [2.45, 2.75) is 76.3 Å². The summed E-state index contributed by atoms with van der Waals surface area (Å²) in [5.41, 5.74) is 4.05. The van der Waals surface area contributed by atoms with E-state index in [1.807, 2.05) is 41.3 Å². The number of hydrogen-bond acceptors (Lipinski definition) is 10. The Hall–Kier alpha value is -6.06. The lowest BCUT2D eigenvalue weighted by molar-refractivity contribution is -0.135. The Balaban J connectivity index is 0.863. The summed E-state index contributed by atoms with van der Waals surface area (Å²) in [4.78, 5) is 84.5. The average molecular weight is 774 g/mol. The molecule has 4 aromatic heterocycles. The molecule has 1 spiro atoms. The van der Waals surface area contributed by atoms with Crippen molar-refractivity contribution in [3.63, 3.8) is 0 Å². The Bertz CT molecular complexity index is 2490. The third-order valence-corrected chi connectivity index (χ3v) is 12.7. The first-order valence-corrected chi connectivity index (χ1v) is 19.9. The molecule has 9 rings (SSSR count). The molecular weight excluding hydrogens is 727 g/mol. The van der Waals surface area contributed by atoms with Crippen molar-refractivity contribution in [3.8, 4) is 0 Å². The molecule has 4 fully saturated rings. The Morgan fingerprint density at radius 3 is 2.40 bits per heavy atom. The lowest BCUT2D eigenvalue weighted by Crippen LogP contribution is -2.49. The fraction of sp³-hybridized carbons (Fsp3) is 0.463. The van der Waals surface area contributed by atoms with Crippen LogP contribution in [0, 0.1) is 5.41 Å². The third-order valence-electron chi connectivity index (χ3n) is 12.7. The lowest BCUT2D eigenvalue weighted by Gasteiger charge is -2.46. The molecule has 1 saturated carbocycles. The smallest absolute Gasteiger partial charge is 0.329 e. The van der Waals surface area contributed by atoms with Gasteiger partial charge < -0.3 is 24.6 Å². The summed E-state index contributed by atoms with van der Waals surface area (Å²) in [6.07, 6.45) is 11.2. The highest BCUT2D eigenvalue weighted by molar-refractivity contribution is 6.01. The highest BCUT2D eigenvalue weighted by Gasteiger charge is 2.42. The van der Waals surface area contributed by atoms with E-state index in [1.54, 1.807) is 43.0 Å². The molecule has 3 saturated heterocycles. The van der Waals surface area contributed by atoms with Crippen LogP contribution in [-0.4, -0.2) is 90.9 Å². The van der Waals surface area contributed by atoms with E-state index in [1.165, 1.54) is 4.57 Å². The van der Waals surface area contributed by atoms with Gasteiger partial charge in [0.15, 0.2) is 0 Å². The number of nitrogens with one attached hydrogen (secondary N) is 2. The molecule has 4 aliphatic rings. The van der Waals surface area contributed by atoms with E-state index >= 15 is 0 Å². The number of para-hydroxylation sites is 1. The van der Waals surface area contributed by atoms with Gasteiger partial charge in [-0.25, -0.2) is 14.8 Å². The largest absolute Gasteiger partial charge is 0.370 e. The summed E-state index contributed by atoms with van der Waals surface area (Å²) in [5.74, 6) is 0.187. The predicted molar refractivity (Wildman–Crippen MR) is 215 cm³/mol. The summed E-state index contributed by atoms with van der Waals surface area (Å²) in [7, 11) is 5.24. The standard InChI is InChI=1S/C41H47N11O5/c1-47(2)38(56)31-21-25-23-43-39(46-36(25)51(31)26-7-4-5-8-26)44-32-13-11-27(24-42-32)50-20-17-41(22-34(50)54)15-18-49(19-16-41)28-9-6-10-29-35(28)48(3)40(57)52(29)30-12-14-33(53)45-37(30)55/h6,9-11,13,21,23-24,26,30H,4-5,7-8,12,14-20,22H2,1-3H3,(H,45,53,55)(H,42,43,44,46). The quantitative estimate of drug-likeness (QED) is 0.226. The zero-order chi connectivity index (χ0) is 39.6. The van der Waals surface area contributed by atoms with Crippen LogP contribution in [0.3, 0.4) is 0 Å². The van der Waals surface area contributed by atoms with Crippen LogP contribution in [0.1, 0.15) is 86.8 Å². The minimum atomic E-state index is -0.739. The van der Waals surface area contributed by atoms with Gasteiger partial charge in [-0.15, -0.1) is 0 Å². The van der Waals surface area contributed by atoms with Gasteiger partial charge >= 0.3 is 5.69 Å². The van der Waals surface area contributed by atoms with Gasteiger partial charge in [0.25, 0.3) is 5.91 Å². The van der Waals surface area contributed by atoms with Crippen LogP contribution >= 0.6 is 0 Å². The maximum Gasteiger partial charge on any atom is 0.329 e. The van der Waals surface area contributed by atoms with Gasteiger partial charge in [-0.2, -0.15) is 4.98 Å². The molecule has 2 N–H and O–H groups in total. The van der Waals surface area contributed by atoms with Crippen LogP contribution in [0.25, 0.3) is 22.1 Å². The van der Waals surface area contributed by atoms with Crippen LogP contribution in [0.15, 0.2) is 53.6 Å². The number of piperidine rings is 3. The van der Waals surface area contributed by atoms with Crippen molar-refractivity contribution in [2.75, 3.05) is 48.8 Å². The van der Waals surface area contributed by atoms with Gasteiger partial charge in [0, 0.05) is 71.2 Å². The maximum atomic E-state index is 13.7. The molecule has 296 valence electrons. The first kappa shape index (κ1) is 36.6. The van der Waals surface area contributed by atoms with Crippen molar-refractivity contribution in [1.82, 2.24) is 38.9 Å². The number of pyridine rings is 1. The number of hydrogen-bond donors (Lipinski definition) is 2. The Labute approximate surface area is 328 Å². The molecule has 1 unspecified atom stereocenters. The van der Waals surface area contributed by atoms with Gasteiger partial charge in [0.2, 0.25) is 23.7 Å². The number of imide groups is 1. The number of aromatic nitrogens is 6. The van der Waals surface area contributed by atoms with Crippen LogP contribution in [0.5, 0.6) is 0 Å². The number of aryl methyl sites for hydroxylation is 1. The summed E-state index contributed by atoms with van der Waals surface area (Å²) < 4.78 is 5.20. The topological polar surface area (TPSA) is 173 Å². The second-order valence-corrected chi connectivity index (χ2v) is 16.3. The Morgan fingerprint density at radius 2 is 1.70 bits per heavy atom. The van der Waals surface area contributed by atoms with Crippen LogP contribution in [-0.2, 0) is 21.4 Å². The highest BCUT2D eigenvalue weighted by Crippen LogP contribution is 2.44. The summed E-state index contributed by atoms with van der Waals surface area (Å²) in [5, 5.41) is 6.42.